The second kappa shape index (κ2) is 3.13. The monoisotopic (exact) mass is 220 g/mol. The fourth-order valence-corrected chi connectivity index (χ4v) is 5.25. The molecular weight excluding hydrogens is 196 g/mol. The Hall–Kier alpha value is -0.300. The first-order chi connectivity index (χ1) is 7.47. The summed E-state index contributed by atoms with van der Waals surface area (Å²) in [5.74, 6) is 3.92. The van der Waals surface area contributed by atoms with Crippen molar-refractivity contribution in [3.63, 3.8) is 0 Å². The molecule has 1 N–H and O–H groups in total. The lowest BCUT2D eigenvalue weighted by atomic mass is 9.33. The van der Waals surface area contributed by atoms with Gasteiger partial charge in [0.2, 0.25) is 0 Å². The van der Waals surface area contributed by atoms with Gasteiger partial charge in [-0.05, 0) is 59.8 Å². The number of rotatable bonds is 1. The second-order valence-electron chi connectivity index (χ2n) is 6.94. The van der Waals surface area contributed by atoms with Gasteiger partial charge in [0.05, 0.1) is 6.10 Å². The molecule has 0 amide bonds. The fraction of sp³-hybridized carbons (Fsp3) is 0.867. The van der Waals surface area contributed by atoms with Crippen molar-refractivity contribution in [3.8, 4) is 0 Å². The summed E-state index contributed by atoms with van der Waals surface area (Å²) in [7, 11) is 0. The third kappa shape index (κ3) is 1.06. The largest absolute Gasteiger partial charge is 0.389 e. The lowest BCUT2D eigenvalue weighted by molar-refractivity contribution is -0.211. The van der Waals surface area contributed by atoms with E-state index in [0.29, 0.717) is 11.3 Å². The Morgan fingerprint density at radius 3 is 2.69 bits per heavy atom. The number of fused-ring (bicyclic) bond motifs is 1. The molecule has 0 aromatic heterocycles. The van der Waals surface area contributed by atoms with Gasteiger partial charge in [-0.3, -0.25) is 0 Å². The lowest BCUT2D eigenvalue weighted by Crippen LogP contribution is -2.67. The topological polar surface area (TPSA) is 20.2 Å². The molecule has 0 spiro atoms. The summed E-state index contributed by atoms with van der Waals surface area (Å²) in [5, 5.41) is 9.97. The second-order valence-corrected chi connectivity index (χ2v) is 6.94. The van der Waals surface area contributed by atoms with Crippen molar-refractivity contribution in [2.24, 2.45) is 35.0 Å². The van der Waals surface area contributed by atoms with Crippen LogP contribution in [0, 0.1) is 35.0 Å². The highest BCUT2D eigenvalue weighted by Crippen LogP contribution is 2.72. The molecule has 1 nitrogen and oxygen atoms in total. The molecular formula is C15H24O. The van der Waals surface area contributed by atoms with Crippen LogP contribution in [0.3, 0.4) is 0 Å². The Morgan fingerprint density at radius 2 is 2.12 bits per heavy atom. The molecule has 1 heteroatoms. The van der Waals surface area contributed by atoms with E-state index in [1.165, 1.54) is 12.8 Å². The molecule has 0 aromatic carbocycles. The molecule has 16 heavy (non-hydrogen) atoms. The maximum atomic E-state index is 9.97. The van der Waals surface area contributed by atoms with Crippen LogP contribution in [0.1, 0.15) is 40.0 Å². The van der Waals surface area contributed by atoms with Crippen molar-refractivity contribution in [2.45, 2.75) is 46.1 Å². The normalized spacial score (nSPS) is 55.1. The zero-order chi connectivity index (χ0) is 11.7. The third-order valence-corrected chi connectivity index (χ3v) is 6.08. The Morgan fingerprint density at radius 1 is 1.44 bits per heavy atom. The van der Waals surface area contributed by atoms with E-state index >= 15 is 0 Å². The van der Waals surface area contributed by atoms with Crippen LogP contribution in [0.5, 0.6) is 0 Å². The molecule has 6 atom stereocenters. The van der Waals surface area contributed by atoms with Crippen LogP contribution >= 0.6 is 0 Å². The summed E-state index contributed by atoms with van der Waals surface area (Å²) >= 11 is 0. The van der Waals surface area contributed by atoms with Gasteiger partial charge in [-0.15, -0.1) is 0 Å². The zero-order valence-electron chi connectivity index (χ0n) is 10.7. The van der Waals surface area contributed by atoms with Crippen molar-refractivity contribution >= 4 is 0 Å². The average Bonchev–Trinajstić information content (AvgIpc) is 2.22. The minimum atomic E-state index is -0.203. The van der Waals surface area contributed by atoms with Gasteiger partial charge in [-0.1, -0.05) is 27.4 Å². The van der Waals surface area contributed by atoms with Crippen molar-refractivity contribution in [3.05, 3.63) is 12.2 Å². The third-order valence-electron chi connectivity index (χ3n) is 6.08. The van der Waals surface area contributed by atoms with E-state index in [1.807, 2.05) is 0 Å². The van der Waals surface area contributed by atoms with E-state index in [1.54, 1.807) is 0 Å². The SMILES string of the molecule is C=C1C2C3C(C(C)C)CCC2(C)C3C[C@H]1O. The first kappa shape index (κ1) is 10.8. The summed E-state index contributed by atoms with van der Waals surface area (Å²) < 4.78 is 0. The van der Waals surface area contributed by atoms with Gasteiger partial charge in [-0.25, -0.2) is 0 Å². The van der Waals surface area contributed by atoms with Gasteiger partial charge in [-0.2, -0.15) is 0 Å². The van der Waals surface area contributed by atoms with E-state index in [9.17, 15) is 5.11 Å². The molecule has 3 fully saturated rings. The zero-order valence-corrected chi connectivity index (χ0v) is 10.7. The predicted octanol–water partition coefficient (Wildman–Crippen LogP) is 3.24. The highest BCUT2D eigenvalue weighted by molar-refractivity contribution is 5.29. The van der Waals surface area contributed by atoms with Crippen LogP contribution in [0.15, 0.2) is 12.2 Å². The number of aliphatic hydroxyl groups excluding tert-OH is 1. The minimum absolute atomic E-state index is 0.203. The van der Waals surface area contributed by atoms with E-state index in [0.717, 1.165) is 35.7 Å². The number of hydrogen-bond donors (Lipinski definition) is 1. The highest BCUT2D eigenvalue weighted by atomic mass is 16.3. The Kier molecular flexibility index (Phi) is 2.12. The van der Waals surface area contributed by atoms with Gasteiger partial charge in [0.15, 0.2) is 0 Å². The molecule has 3 aliphatic carbocycles. The molecule has 90 valence electrons. The minimum Gasteiger partial charge on any atom is -0.389 e. The number of hydrogen-bond acceptors (Lipinski definition) is 1. The summed E-state index contributed by atoms with van der Waals surface area (Å²) in [6, 6.07) is 0. The maximum absolute atomic E-state index is 9.97. The van der Waals surface area contributed by atoms with Gasteiger partial charge in [0.25, 0.3) is 0 Å². The van der Waals surface area contributed by atoms with Crippen LogP contribution in [0.2, 0.25) is 0 Å². The summed E-state index contributed by atoms with van der Waals surface area (Å²) in [6.45, 7) is 11.3. The molecule has 3 saturated carbocycles. The van der Waals surface area contributed by atoms with Crippen molar-refractivity contribution in [2.75, 3.05) is 0 Å². The fourth-order valence-electron chi connectivity index (χ4n) is 5.25. The van der Waals surface area contributed by atoms with Gasteiger partial charge < -0.3 is 5.11 Å². The van der Waals surface area contributed by atoms with Gasteiger partial charge in [0, 0.05) is 0 Å². The molecule has 3 rings (SSSR count). The first-order valence-corrected chi connectivity index (χ1v) is 6.83. The van der Waals surface area contributed by atoms with E-state index < -0.39 is 0 Å². The lowest BCUT2D eigenvalue weighted by Gasteiger charge is -2.71. The van der Waals surface area contributed by atoms with Crippen LogP contribution in [0.25, 0.3) is 0 Å². The Bertz CT molecular complexity index is 332. The maximum Gasteiger partial charge on any atom is 0.0753 e. The molecule has 0 radical (unpaired) electrons. The van der Waals surface area contributed by atoms with Crippen LogP contribution < -0.4 is 0 Å². The highest BCUT2D eigenvalue weighted by Gasteiger charge is 2.67. The van der Waals surface area contributed by atoms with E-state index in [4.69, 9.17) is 0 Å². The molecule has 0 aromatic rings. The predicted molar refractivity (Wildman–Crippen MR) is 65.9 cm³/mol. The first-order valence-electron chi connectivity index (χ1n) is 6.83. The molecule has 4 bridgehead atoms. The van der Waals surface area contributed by atoms with Crippen LogP contribution in [-0.2, 0) is 0 Å². The Balaban J connectivity index is 1.93. The summed E-state index contributed by atoms with van der Waals surface area (Å²) in [5.41, 5.74) is 1.65. The summed E-state index contributed by atoms with van der Waals surface area (Å²) in [6.07, 6.45) is 3.53. The van der Waals surface area contributed by atoms with Crippen molar-refractivity contribution in [1.29, 1.82) is 0 Å². The number of aliphatic hydroxyl groups is 1. The van der Waals surface area contributed by atoms with E-state index in [2.05, 4.69) is 27.4 Å². The molecule has 5 unspecified atom stereocenters. The van der Waals surface area contributed by atoms with Crippen molar-refractivity contribution < 1.29 is 5.11 Å². The molecule has 3 aliphatic rings. The van der Waals surface area contributed by atoms with Gasteiger partial charge in [0.1, 0.15) is 0 Å². The smallest absolute Gasteiger partial charge is 0.0753 e. The van der Waals surface area contributed by atoms with Crippen LogP contribution in [0.4, 0.5) is 0 Å². The van der Waals surface area contributed by atoms with E-state index in [-0.39, 0.29) is 6.10 Å². The van der Waals surface area contributed by atoms with Crippen molar-refractivity contribution in [1.82, 2.24) is 0 Å². The summed E-state index contributed by atoms with van der Waals surface area (Å²) in [4.78, 5) is 0. The quantitative estimate of drug-likeness (QED) is 0.673. The Labute approximate surface area is 98.9 Å². The standard InChI is InChI=1S/C15H24O/c1-8(2)10-5-6-15(4)11-7-12(16)9(3)14(15)13(10)11/h8,10-14,16H,3,5-7H2,1-2,4H3/t10?,11?,12-,13?,14?,15?/m1/s1. The van der Waals surface area contributed by atoms with Gasteiger partial charge >= 0.3 is 0 Å². The molecule has 0 heterocycles. The molecule has 0 saturated heterocycles. The average molecular weight is 220 g/mol. The molecule has 0 aliphatic heterocycles. The van der Waals surface area contributed by atoms with Crippen LogP contribution in [-0.4, -0.2) is 11.2 Å².